The molecule has 0 aliphatic carbocycles. The number of ether oxygens (including phenoxy) is 1. The molecule has 0 spiro atoms. The summed E-state index contributed by atoms with van der Waals surface area (Å²) in [5.74, 6) is 0.179. The fourth-order valence-corrected chi connectivity index (χ4v) is 2.81. The van der Waals surface area contributed by atoms with Crippen LogP contribution in [-0.2, 0) is 9.53 Å². The lowest BCUT2D eigenvalue weighted by Crippen LogP contribution is -2.30. The highest BCUT2D eigenvalue weighted by Crippen LogP contribution is 2.30. The first kappa shape index (κ1) is 14.7. The van der Waals surface area contributed by atoms with Gasteiger partial charge in [0.15, 0.2) is 5.78 Å². The maximum Gasteiger partial charge on any atom is 0.165 e. The normalized spacial score (nSPS) is 21.5. The zero-order valence-corrected chi connectivity index (χ0v) is 12.3. The van der Waals surface area contributed by atoms with E-state index in [0.717, 1.165) is 5.56 Å². The van der Waals surface area contributed by atoms with E-state index >= 15 is 0 Å². The van der Waals surface area contributed by atoms with Gasteiger partial charge in [-0.05, 0) is 5.56 Å². The molecule has 3 heteroatoms. The van der Waals surface area contributed by atoms with Crippen LogP contribution in [0.2, 0.25) is 0 Å². The highest BCUT2D eigenvalue weighted by Gasteiger charge is 2.30. The van der Waals surface area contributed by atoms with Crippen LogP contribution in [0.25, 0.3) is 0 Å². The molecule has 0 radical (unpaired) electrons. The number of hydrogen-bond acceptors (Lipinski definition) is 3. The Kier molecular flexibility index (Phi) is 4.45. The summed E-state index contributed by atoms with van der Waals surface area (Å²) < 4.78 is 5.99. The minimum Gasteiger partial charge on any atom is -0.369 e. The number of rotatable bonds is 4. The van der Waals surface area contributed by atoms with Gasteiger partial charge in [0.2, 0.25) is 0 Å². The van der Waals surface area contributed by atoms with Crippen LogP contribution in [0.1, 0.15) is 41.3 Å². The van der Waals surface area contributed by atoms with Crippen molar-refractivity contribution in [3.8, 4) is 0 Å². The van der Waals surface area contributed by atoms with Crippen molar-refractivity contribution in [3.63, 3.8) is 0 Å². The van der Waals surface area contributed by atoms with Crippen molar-refractivity contribution in [2.45, 2.75) is 31.5 Å². The Balaban J connectivity index is 1.69. The van der Waals surface area contributed by atoms with E-state index in [2.05, 4.69) is 0 Å². The van der Waals surface area contributed by atoms with Crippen LogP contribution in [0, 0.1) is 0 Å². The van der Waals surface area contributed by atoms with Crippen molar-refractivity contribution in [1.82, 2.24) is 0 Å². The van der Waals surface area contributed by atoms with Crippen molar-refractivity contribution in [3.05, 3.63) is 71.8 Å². The highest BCUT2D eigenvalue weighted by molar-refractivity contribution is 5.96. The van der Waals surface area contributed by atoms with Gasteiger partial charge in [0.05, 0.1) is 12.2 Å². The molecule has 0 aromatic heterocycles. The number of benzene rings is 2. The predicted octanol–water partition coefficient (Wildman–Crippen LogP) is 3.75. The largest absolute Gasteiger partial charge is 0.369 e. The molecule has 2 aromatic rings. The first-order valence-electron chi connectivity index (χ1n) is 7.53. The summed E-state index contributed by atoms with van der Waals surface area (Å²) >= 11 is 0. The van der Waals surface area contributed by atoms with Gasteiger partial charge in [-0.15, -0.1) is 0 Å². The van der Waals surface area contributed by atoms with Gasteiger partial charge < -0.3 is 4.74 Å². The van der Waals surface area contributed by atoms with Crippen LogP contribution in [0.4, 0.5) is 0 Å². The molecule has 2 atom stereocenters. The van der Waals surface area contributed by atoms with Crippen molar-refractivity contribution in [2.24, 2.45) is 0 Å². The molecule has 22 heavy (non-hydrogen) atoms. The first-order valence-corrected chi connectivity index (χ1v) is 7.53. The maximum atomic E-state index is 12.3. The van der Waals surface area contributed by atoms with Crippen molar-refractivity contribution in [1.29, 1.82) is 0 Å². The minimum atomic E-state index is -0.334. The van der Waals surface area contributed by atoms with Crippen LogP contribution in [0.5, 0.6) is 0 Å². The molecule has 0 unspecified atom stereocenters. The van der Waals surface area contributed by atoms with E-state index in [4.69, 9.17) is 4.74 Å². The summed E-state index contributed by atoms with van der Waals surface area (Å²) in [6, 6.07) is 18.9. The van der Waals surface area contributed by atoms with Crippen LogP contribution in [-0.4, -0.2) is 17.7 Å². The number of carbonyl (C=O) groups excluding carboxylic acids is 2. The molecule has 0 amide bonds. The van der Waals surface area contributed by atoms with E-state index < -0.39 is 0 Å². The number of ketones is 2. The van der Waals surface area contributed by atoms with Gasteiger partial charge in [0.25, 0.3) is 0 Å². The second kappa shape index (κ2) is 6.67. The molecule has 2 aromatic carbocycles. The minimum absolute atomic E-state index is 0.0205. The van der Waals surface area contributed by atoms with E-state index in [-0.39, 0.29) is 30.2 Å². The average Bonchev–Trinajstić information content (AvgIpc) is 2.56. The van der Waals surface area contributed by atoms with Crippen LogP contribution >= 0.6 is 0 Å². The van der Waals surface area contributed by atoms with Crippen LogP contribution in [0.3, 0.4) is 0 Å². The van der Waals surface area contributed by atoms with E-state index in [9.17, 15) is 9.59 Å². The van der Waals surface area contributed by atoms with Gasteiger partial charge in [-0.25, -0.2) is 0 Å². The van der Waals surface area contributed by atoms with Crippen molar-refractivity contribution < 1.29 is 14.3 Å². The Bertz CT molecular complexity index is 649. The maximum absolute atomic E-state index is 12.3. The summed E-state index contributed by atoms with van der Waals surface area (Å²) in [5, 5.41) is 0. The number of Topliss-reactive ketones (excluding diaryl/α,β-unsaturated/α-hetero) is 2. The van der Waals surface area contributed by atoms with Crippen molar-refractivity contribution in [2.75, 3.05) is 0 Å². The number of carbonyl (C=O) groups is 2. The molecular weight excluding hydrogens is 276 g/mol. The standard InChI is InChI=1S/C19H18O3/c20-16-11-17(13-18(21)14-7-3-1-4-8-14)22-19(12-16)15-9-5-2-6-10-15/h1-10,17,19H,11-13H2/t17-,19+/m0/s1. The highest BCUT2D eigenvalue weighted by atomic mass is 16.5. The molecular formula is C19H18O3. The van der Waals surface area contributed by atoms with Gasteiger partial charge >= 0.3 is 0 Å². The molecule has 1 fully saturated rings. The smallest absolute Gasteiger partial charge is 0.165 e. The monoisotopic (exact) mass is 294 g/mol. The lowest BCUT2D eigenvalue weighted by Gasteiger charge is -2.29. The SMILES string of the molecule is O=C1C[C@@H](CC(=O)c2ccccc2)O[C@@H](c2ccccc2)C1. The molecule has 0 bridgehead atoms. The quantitative estimate of drug-likeness (QED) is 0.807. The molecule has 0 saturated carbocycles. The van der Waals surface area contributed by atoms with Crippen LogP contribution in [0.15, 0.2) is 60.7 Å². The lowest BCUT2D eigenvalue weighted by molar-refractivity contribution is -0.135. The molecule has 1 aliphatic rings. The third-order valence-corrected chi connectivity index (χ3v) is 3.91. The Labute approximate surface area is 129 Å². The van der Waals surface area contributed by atoms with E-state index in [0.29, 0.717) is 18.4 Å². The third kappa shape index (κ3) is 3.49. The lowest BCUT2D eigenvalue weighted by atomic mass is 9.94. The van der Waals surface area contributed by atoms with E-state index in [1.54, 1.807) is 12.1 Å². The van der Waals surface area contributed by atoms with Gasteiger partial charge in [-0.3, -0.25) is 9.59 Å². The van der Waals surface area contributed by atoms with E-state index in [1.165, 1.54) is 0 Å². The van der Waals surface area contributed by atoms with E-state index in [1.807, 2.05) is 48.5 Å². The first-order chi connectivity index (χ1) is 10.7. The molecule has 1 aliphatic heterocycles. The predicted molar refractivity (Wildman–Crippen MR) is 83.7 cm³/mol. The molecule has 112 valence electrons. The summed E-state index contributed by atoms with van der Waals surface area (Å²) in [7, 11) is 0. The van der Waals surface area contributed by atoms with Gasteiger partial charge in [-0.1, -0.05) is 60.7 Å². The second-order valence-electron chi connectivity index (χ2n) is 5.60. The fraction of sp³-hybridized carbons (Fsp3) is 0.263. The summed E-state index contributed by atoms with van der Waals surface area (Å²) in [6.45, 7) is 0. The van der Waals surface area contributed by atoms with Gasteiger partial charge in [-0.2, -0.15) is 0 Å². The van der Waals surface area contributed by atoms with Gasteiger partial charge in [0, 0.05) is 24.8 Å². The zero-order chi connectivity index (χ0) is 15.4. The summed E-state index contributed by atoms with van der Waals surface area (Å²) in [6.07, 6.45) is 0.385. The Morgan fingerprint density at radius 2 is 1.59 bits per heavy atom. The molecule has 0 N–H and O–H groups in total. The van der Waals surface area contributed by atoms with Gasteiger partial charge in [0.1, 0.15) is 5.78 Å². The fourth-order valence-electron chi connectivity index (χ4n) is 2.81. The molecule has 1 heterocycles. The summed E-state index contributed by atoms with van der Waals surface area (Å²) in [5.41, 5.74) is 1.66. The molecule has 1 saturated heterocycles. The Morgan fingerprint density at radius 1 is 0.955 bits per heavy atom. The average molecular weight is 294 g/mol. The Morgan fingerprint density at radius 3 is 2.27 bits per heavy atom. The molecule has 3 rings (SSSR count). The second-order valence-corrected chi connectivity index (χ2v) is 5.60. The topological polar surface area (TPSA) is 43.4 Å². The number of hydrogen-bond donors (Lipinski definition) is 0. The van der Waals surface area contributed by atoms with Crippen LogP contribution < -0.4 is 0 Å². The van der Waals surface area contributed by atoms with Crippen molar-refractivity contribution >= 4 is 11.6 Å². The third-order valence-electron chi connectivity index (χ3n) is 3.91. The zero-order valence-electron chi connectivity index (χ0n) is 12.3. The molecule has 3 nitrogen and oxygen atoms in total. The Hall–Kier alpha value is -2.26. The summed E-state index contributed by atoms with van der Waals surface area (Å²) in [4.78, 5) is 24.3.